The average molecular weight is 302 g/mol. The Hall–Kier alpha value is -1.69. The summed E-state index contributed by atoms with van der Waals surface area (Å²) < 4.78 is 7.02. The van der Waals surface area contributed by atoms with Crippen LogP contribution in [0.4, 0.5) is 0 Å². The molecule has 0 spiro atoms. The number of hydrogen-bond acceptors (Lipinski definition) is 5. The van der Waals surface area contributed by atoms with Gasteiger partial charge in [0.05, 0.1) is 16.8 Å². The number of hydrogen-bond donors (Lipinski definition) is 2. The average Bonchev–Trinajstić information content (AvgIpc) is 3.13. The third kappa shape index (κ3) is 3.50. The fourth-order valence-corrected chi connectivity index (χ4v) is 3.07. The number of furan rings is 1. The van der Waals surface area contributed by atoms with Crippen LogP contribution in [0.15, 0.2) is 40.8 Å². The molecule has 2 N–H and O–H groups in total. The molecule has 0 amide bonds. The first-order chi connectivity index (χ1) is 10.4. The van der Waals surface area contributed by atoms with Crippen LogP contribution in [0.5, 0.6) is 0 Å². The van der Waals surface area contributed by atoms with Crippen molar-refractivity contribution in [3.05, 3.63) is 42.2 Å². The smallest absolute Gasteiger partial charge is 0.163 e. The molecule has 0 radical (unpaired) electrons. The van der Waals surface area contributed by atoms with Crippen molar-refractivity contribution in [3.8, 4) is 10.8 Å². The van der Waals surface area contributed by atoms with Crippen LogP contribution in [0, 0.1) is 0 Å². The number of rotatable bonds is 7. The Morgan fingerprint density at radius 1 is 1.14 bits per heavy atom. The molecule has 0 unspecified atom stereocenters. The quantitative estimate of drug-likeness (QED) is 0.657. The zero-order valence-electron chi connectivity index (χ0n) is 11.7. The van der Waals surface area contributed by atoms with Crippen molar-refractivity contribution in [2.75, 3.05) is 13.2 Å². The highest BCUT2D eigenvalue weighted by Gasteiger charge is 2.10. The molecular formula is C16H18N2O2S. The minimum Gasteiger partial charge on any atom is -0.457 e. The summed E-state index contributed by atoms with van der Waals surface area (Å²) in [5, 5.41) is 12.9. The molecule has 1 aromatic carbocycles. The lowest BCUT2D eigenvalue weighted by Crippen LogP contribution is -2.14. The van der Waals surface area contributed by atoms with Crippen molar-refractivity contribution in [3.63, 3.8) is 0 Å². The maximum atomic E-state index is 8.72. The zero-order chi connectivity index (χ0) is 14.5. The molecule has 0 fully saturated rings. The number of aliphatic hydroxyl groups excluding tert-OH is 1. The maximum Gasteiger partial charge on any atom is 0.163 e. The van der Waals surface area contributed by atoms with Crippen molar-refractivity contribution in [2.45, 2.75) is 19.4 Å². The molecule has 0 bridgehead atoms. The van der Waals surface area contributed by atoms with E-state index < -0.39 is 0 Å². The van der Waals surface area contributed by atoms with Crippen LogP contribution in [0.25, 0.3) is 21.0 Å². The molecule has 110 valence electrons. The largest absolute Gasteiger partial charge is 0.457 e. The Morgan fingerprint density at radius 2 is 2.05 bits per heavy atom. The van der Waals surface area contributed by atoms with Crippen LogP contribution >= 0.6 is 11.3 Å². The minimum absolute atomic E-state index is 0.254. The lowest BCUT2D eigenvalue weighted by molar-refractivity contribution is 0.283. The number of thiazole rings is 1. The van der Waals surface area contributed by atoms with E-state index in [4.69, 9.17) is 9.52 Å². The van der Waals surface area contributed by atoms with Crippen LogP contribution < -0.4 is 5.32 Å². The van der Waals surface area contributed by atoms with E-state index in [-0.39, 0.29) is 6.61 Å². The summed E-state index contributed by atoms with van der Waals surface area (Å²) in [4.78, 5) is 4.59. The van der Waals surface area contributed by atoms with Crippen molar-refractivity contribution >= 4 is 21.6 Å². The van der Waals surface area contributed by atoms with Gasteiger partial charge in [0.2, 0.25) is 0 Å². The molecular weight excluding hydrogens is 284 g/mol. The van der Waals surface area contributed by atoms with Gasteiger partial charge in [-0.25, -0.2) is 4.98 Å². The number of nitrogens with zero attached hydrogens (tertiary/aromatic N) is 1. The first-order valence-electron chi connectivity index (χ1n) is 7.13. The lowest BCUT2D eigenvalue weighted by Gasteiger charge is -2.00. The molecule has 3 aromatic rings. The molecule has 0 atom stereocenters. The van der Waals surface area contributed by atoms with Gasteiger partial charge in [0, 0.05) is 6.61 Å². The van der Waals surface area contributed by atoms with Gasteiger partial charge in [0.15, 0.2) is 10.8 Å². The van der Waals surface area contributed by atoms with Gasteiger partial charge < -0.3 is 14.8 Å². The fourth-order valence-electron chi connectivity index (χ4n) is 2.14. The number of aliphatic hydroxyl groups is 1. The van der Waals surface area contributed by atoms with Gasteiger partial charge in [-0.05, 0) is 43.7 Å². The summed E-state index contributed by atoms with van der Waals surface area (Å²) >= 11 is 1.65. The van der Waals surface area contributed by atoms with E-state index in [0.717, 1.165) is 41.4 Å². The Labute approximate surface area is 127 Å². The van der Waals surface area contributed by atoms with Crippen LogP contribution in [0.3, 0.4) is 0 Å². The Bertz CT molecular complexity index is 672. The second-order valence-corrected chi connectivity index (χ2v) is 5.89. The highest BCUT2D eigenvalue weighted by atomic mass is 32.1. The van der Waals surface area contributed by atoms with Gasteiger partial charge in [-0.15, -0.1) is 11.3 Å². The van der Waals surface area contributed by atoms with Crippen molar-refractivity contribution in [2.24, 2.45) is 0 Å². The summed E-state index contributed by atoms with van der Waals surface area (Å²) in [5.74, 6) is 1.73. The standard InChI is InChI=1S/C16H18N2O2S/c19-10-4-3-9-17-11-12-7-8-14(20-12)16-18-13-5-1-2-6-15(13)21-16/h1-2,5-8,17,19H,3-4,9-11H2. The molecule has 3 rings (SSSR count). The number of nitrogens with one attached hydrogen (secondary N) is 1. The van der Waals surface area contributed by atoms with Gasteiger partial charge in [0.1, 0.15) is 5.76 Å². The van der Waals surface area contributed by atoms with Crippen LogP contribution in [0.2, 0.25) is 0 Å². The number of fused-ring (bicyclic) bond motifs is 1. The predicted molar refractivity (Wildman–Crippen MR) is 85.3 cm³/mol. The van der Waals surface area contributed by atoms with Gasteiger partial charge in [0.25, 0.3) is 0 Å². The third-order valence-electron chi connectivity index (χ3n) is 3.23. The minimum atomic E-state index is 0.254. The third-order valence-corrected chi connectivity index (χ3v) is 4.28. The summed E-state index contributed by atoms with van der Waals surface area (Å²) in [6, 6.07) is 12.1. The summed E-state index contributed by atoms with van der Waals surface area (Å²) in [6.45, 7) is 1.85. The maximum absolute atomic E-state index is 8.72. The lowest BCUT2D eigenvalue weighted by atomic mass is 10.3. The van der Waals surface area contributed by atoms with Crippen LogP contribution in [-0.4, -0.2) is 23.2 Å². The summed E-state index contributed by atoms with van der Waals surface area (Å²) in [7, 11) is 0. The van der Waals surface area contributed by atoms with Gasteiger partial charge in [-0.3, -0.25) is 0 Å². The van der Waals surface area contributed by atoms with Gasteiger partial charge in [-0.2, -0.15) is 0 Å². The molecule has 2 aromatic heterocycles. The van der Waals surface area contributed by atoms with E-state index in [1.54, 1.807) is 11.3 Å². The second-order valence-electron chi connectivity index (χ2n) is 4.86. The van der Waals surface area contributed by atoms with Gasteiger partial charge >= 0.3 is 0 Å². The molecule has 0 aliphatic rings. The van der Waals surface area contributed by atoms with E-state index in [1.165, 1.54) is 4.70 Å². The van der Waals surface area contributed by atoms with E-state index in [1.807, 2.05) is 30.3 Å². The molecule has 0 aliphatic heterocycles. The van der Waals surface area contributed by atoms with Crippen molar-refractivity contribution < 1.29 is 9.52 Å². The van der Waals surface area contributed by atoms with Crippen LogP contribution in [-0.2, 0) is 6.54 Å². The second kappa shape index (κ2) is 6.85. The Kier molecular flexibility index (Phi) is 4.65. The number of aromatic nitrogens is 1. The molecule has 21 heavy (non-hydrogen) atoms. The highest BCUT2D eigenvalue weighted by Crippen LogP contribution is 2.30. The first kappa shape index (κ1) is 14.3. The van der Waals surface area contributed by atoms with Crippen molar-refractivity contribution in [1.82, 2.24) is 10.3 Å². The highest BCUT2D eigenvalue weighted by molar-refractivity contribution is 7.21. The predicted octanol–water partition coefficient (Wildman–Crippen LogP) is 3.42. The van der Waals surface area contributed by atoms with E-state index >= 15 is 0 Å². The molecule has 0 aliphatic carbocycles. The SMILES string of the molecule is OCCCCNCc1ccc(-c2nc3ccccc3s2)o1. The number of unbranched alkanes of at least 4 members (excludes halogenated alkanes) is 1. The van der Waals surface area contributed by atoms with E-state index in [0.29, 0.717) is 6.54 Å². The monoisotopic (exact) mass is 302 g/mol. The molecule has 0 saturated heterocycles. The van der Waals surface area contributed by atoms with Crippen molar-refractivity contribution in [1.29, 1.82) is 0 Å². The van der Waals surface area contributed by atoms with E-state index in [2.05, 4.69) is 16.4 Å². The fraction of sp³-hybridized carbons (Fsp3) is 0.312. The van der Waals surface area contributed by atoms with Crippen LogP contribution in [0.1, 0.15) is 18.6 Å². The molecule has 2 heterocycles. The first-order valence-corrected chi connectivity index (χ1v) is 7.95. The molecule has 4 nitrogen and oxygen atoms in total. The number of benzene rings is 1. The normalized spacial score (nSPS) is 11.3. The zero-order valence-corrected chi connectivity index (χ0v) is 12.5. The Morgan fingerprint density at radius 3 is 2.90 bits per heavy atom. The molecule has 5 heteroatoms. The van der Waals surface area contributed by atoms with Gasteiger partial charge in [-0.1, -0.05) is 12.1 Å². The topological polar surface area (TPSA) is 58.3 Å². The summed E-state index contributed by atoms with van der Waals surface area (Å²) in [6.07, 6.45) is 1.81. The number of para-hydroxylation sites is 1. The Balaban J connectivity index is 1.64. The molecule has 0 saturated carbocycles. The van der Waals surface area contributed by atoms with E-state index in [9.17, 15) is 0 Å². The summed E-state index contributed by atoms with van der Waals surface area (Å²) in [5.41, 5.74) is 1.01.